The number of rotatable bonds is 5. The van der Waals surface area contributed by atoms with Gasteiger partial charge in [-0.3, -0.25) is 0 Å². The minimum atomic E-state index is -1.25. The van der Waals surface area contributed by atoms with Gasteiger partial charge >= 0.3 is 5.97 Å². The van der Waals surface area contributed by atoms with Crippen molar-refractivity contribution in [1.29, 1.82) is 0 Å². The number of carbonyl (C=O) groups is 1. The number of carboxylic acid groups (broad SMARTS) is 1. The molecule has 1 unspecified atom stereocenters. The average molecular weight is 350 g/mol. The van der Waals surface area contributed by atoms with E-state index in [0.29, 0.717) is 17.0 Å². The van der Waals surface area contributed by atoms with E-state index in [1.54, 1.807) is 38.3 Å². The fourth-order valence-electron chi connectivity index (χ4n) is 2.05. The van der Waals surface area contributed by atoms with Crippen molar-refractivity contribution in [3.8, 4) is 5.75 Å². The zero-order chi connectivity index (χ0) is 15.5. The van der Waals surface area contributed by atoms with Crippen molar-refractivity contribution in [2.24, 2.45) is 0 Å². The lowest BCUT2D eigenvalue weighted by Crippen LogP contribution is -2.40. The Morgan fingerprint density at radius 1 is 1.19 bits per heavy atom. The third-order valence-electron chi connectivity index (χ3n) is 3.34. The number of halogens is 1. The van der Waals surface area contributed by atoms with E-state index in [4.69, 9.17) is 4.74 Å². The Kier molecular flexibility index (Phi) is 4.53. The normalized spacial score (nSPS) is 13.3. The SMILES string of the molecule is COc1ccccc1NC(C)(C(=O)O)c1ccc(Br)cc1. The molecule has 2 aromatic carbocycles. The van der Waals surface area contributed by atoms with Crippen molar-refractivity contribution < 1.29 is 14.6 Å². The van der Waals surface area contributed by atoms with Gasteiger partial charge in [-0.1, -0.05) is 40.2 Å². The van der Waals surface area contributed by atoms with E-state index >= 15 is 0 Å². The number of methoxy groups -OCH3 is 1. The summed E-state index contributed by atoms with van der Waals surface area (Å²) in [5.74, 6) is -0.363. The van der Waals surface area contributed by atoms with E-state index in [1.165, 1.54) is 0 Å². The zero-order valence-electron chi connectivity index (χ0n) is 11.8. The second kappa shape index (κ2) is 6.18. The fraction of sp³-hybridized carbons (Fsp3) is 0.188. The van der Waals surface area contributed by atoms with Gasteiger partial charge in [0.1, 0.15) is 5.75 Å². The molecule has 2 aromatic rings. The number of hydrogen-bond donors (Lipinski definition) is 2. The molecule has 0 amide bonds. The molecule has 0 heterocycles. The third-order valence-corrected chi connectivity index (χ3v) is 3.87. The highest BCUT2D eigenvalue weighted by atomic mass is 79.9. The summed E-state index contributed by atoms with van der Waals surface area (Å²) in [6, 6.07) is 14.4. The first-order valence-corrected chi connectivity index (χ1v) is 7.17. The lowest BCUT2D eigenvalue weighted by atomic mass is 9.91. The molecule has 0 aliphatic heterocycles. The number of ether oxygens (including phenoxy) is 1. The summed E-state index contributed by atoms with van der Waals surface area (Å²) in [4.78, 5) is 11.8. The largest absolute Gasteiger partial charge is 0.495 e. The molecule has 0 aliphatic carbocycles. The Bertz CT molecular complexity index is 642. The van der Waals surface area contributed by atoms with E-state index < -0.39 is 11.5 Å². The Labute approximate surface area is 131 Å². The first-order chi connectivity index (χ1) is 9.97. The van der Waals surface area contributed by atoms with Gasteiger partial charge in [-0.2, -0.15) is 0 Å². The lowest BCUT2D eigenvalue weighted by molar-refractivity contribution is -0.142. The van der Waals surface area contributed by atoms with Gasteiger partial charge in [-0.25, -0.2) is 4.79 Å². The van der Waals surface area contributed by atoms with Gasteiger partial charge in [0.15, 0.2) is 5.54 Å². The highest BCUT2D eigenvalue weighted by molar-refractivity contribution is 9.10. The van der Waals surface area contributed by atoms with Crippen LogP contribution < -0.4 is 10.1 Å². The molecule has 0 saturated heterocycles. The van der Waals surface area contributed by atoms with E-state index in [9.17, 15) is 9.90 Å². The summed E-state index contributed by atoms with van der Waals surface area (Å²) < 4.78 is 6.16. The Balaban J connectivity index is 2.43. The molecule has 0 spiro atoms. The molecule has 0 aromatic heterocycles. The number of para-hydroxylation sites is 2. The van der Waals surface area contributed by atoms with Crippen LogP contribution in [0.15, 0.2) is 53.0 Å². The minimum absolute atomic E-state index is 0.599. The van der Waals surface area contributed by atoms with Gasteiger partial charge < -0.3 is 15.2 Å². The topological polar surface area (TPSA) is 58.6 Å². The highest BCUT2D eigenvalue weighted by Crippen LogP contribution is 2.32. The minimum Gasteiger partial charge on any atom is -0.495 e. The van der Waals surface area contributed by atoms with E-state index in [-0.39, 0.29) is 0 Å². The van der Waals surface area contributed by atoms with E-state index in [2.05, 4.69) is 21.2 Å². The Morgan fingerprint density at radius 2 is 1.81 bits per heavy atom. The summed E-state index contributed by atoms with van der Waals surface area (Å²) >= 11 is 3.35. The third kappa shape index (κ3) is 3.19. The zero-order valence-corrected chi connectivity index (χ0v) is 13.3. The smallest absolute Gasteiger partial charge is 0.333 e. The fourth-order valence-corrected chi connectivity index (χ4v) is 2.31. The molecule has 110 valence electrons. The van der Waals surface area contributed by atoms with Gasteiger partial charge in [-0.05, 0) is 36.8 Å². The molecule has 0 bridgehead atoms. The molecule has 0 fully saturated rings. The average Bonchev–Trinajstić information content (AvgIpc) is 2.48. The molecule has 1 atom stereocenters. The van der Waals surface area contributed by atoms with Crippen LogP contribution >= 0.6 is 15.9 Å². The highest BCUT2D eigenvalue weighted by Gasteiger charge is 2.35. The van der Waals surface area contributed by atoms with Crippen LogP contribution in [0.2, 0.25) is 0 Å². The molecule has 4 nitrogen and oxygen atoms in total. The molecule has 0 radical (unpaired) electrons. The number of hydrogen-bond acceptors (Lipinski definition) is 3. The van der Waals surface area contributed by atoms with E-state index in [1.807, 2.05) is 24.3 Å². The predicted octanol–water partition coefficient (Wildman–Crippen LogP) is 3.87. The predicted molar refractivity (Wildman–Crippen MR) is 85.7 cm³/mol. The summed E-state index contributed by atoms with van der Waals surface area (Å²) in [5, 5.41) is 12.7. The van der Waals surface area contributed by atoms with Crippen molar-refractivity contribution >= 4 is 27.6 Å². The van der Waals surface area contributed by atoms with Crippen LogP contribution in [-0.2, 0) is 10.3 Å². The number of nitrogens with one attached hydrogen (secondary N) is 1. The van der Waals surface area contributed by atoms with Crippen LogP contribution in [0.3, 0.4) is 0 Å². The summed E-state index contributed by atoms with van der Waals surface area (Å²) in [7, 11) is 1.55. The van der Waals surface area contributed by atoms with Crippen molar-refractivity contribution in [3.63, 3.8) is 0 Å². The van der Waals surface area contributed by atoms with Gasteiger partial charge in [0, 0.05) is 4.47 Å². The van der Waals surface area contributed by atoms with Crippen molar-refractivity contribution in [1.82, 2.24) is 0 Å². The molecular formula is C16H16BrNO3. The van der Waals surface area contributed by atoms with Crippen molar-refractivity contribution in [2.45, 2.75) is 12.5 Å². The van der Waals surface area contributed by atoms with E-state index in [0.717, 1.165) is 4.47 Å². The van der Waals surface area contributed by atoms with Gasteiger partial charge in [-0.15, -0.1) is 0 Å². The number of aliphatic carboxylic acids is 1. The summed E-state index contributed by atoms with van der Waals surface area (Å²) in [6.45, 7) is 1.63. The molecule has 2 rings (SSSR count). The van der Waals surface area contributed by atoms with Crippen molar-refractivity contribution in [2.75, 3.05) is 12.4 Å². The van der Waals surface area contributed by atoms with Crippen LogP contribution in [-0.4, -0.2) is 18.2 Å². The summed E-state index contributed by atoms with van der Waals surface area (Å²) in [5.41, 5.74) is 0.0342. The van der Waals surface area contributed by atoms with Gasteiger partial charge in [0.05, 0.1) is 12.8 Å². The van der Waals surface area contributed by atoms with Gasteiger partial charge in [0.25, 0.3) is 0 Å². The summed E-state index contributed by atoms with van der Waals surface area (Å²) in [6.07, 6.45) is 0. The molecule has 5 heteroatoms. The van der Waals surface area contributed by atoms with Crippen LogP contribution in [0, 0.1) is 0 Å². The quantitative estimate of drug-likeness (QED) is 0.860. The maximum Gasteiger partial charge on any atom is 0.333 e. The van der Waals surface area contributed by atoms with Crippen LogP contribution in [0.25, 0.3) is 0 Å². The maximum atomic E-state index is 11.8. The Hall–Kier alpha value is -2.01. The molecule has 0 saturated carbocycles. The molecule has 0 aliphatic rings. The van der Waals surface area contributed by atoms with Crippen LogP contribution in [0.5, 0.6) is 5.75 Å². The first kappa shape index (κ1) is 15.4. The standard InChI is InChI=1S/C16H16BrNO3/c1-16(15(19)20,11-7-9-12(17)10-8-11)18-13-5-3-4-6-14(13)21-2/h3-10,18H,1-2H3,(H,19,20). The van der Waals surface area contributed by atoms with Crippen LogP contribution in [0.4, 0.5) is 5.69 Å². The molecule has 2 N–H and O–H groups in total. The lowest BCUT2D eigenvalue weighted by Gasteiger charge is -2.28. The maximum absolute atomic E-state index is 11.8. The number of carboxylic acids is 1. The van der Waals surface area contributed by atoms with Crippen LogP contribution in [0.1, 0.15) is 12.5 Å². The molecule has 21 heavy (non-hydrogen) atoms. The first-order valence-electron chi connectivity index (χ1n) is 6.38. The van der Waals surface area contributed by atoms with Gasteiger partial charge in [0.2, 0.25) is 0 Å². The Morgan fingerprint density at radius 3 is 2.38 bits per heavy atom. The second-order valence-corrected chi connectivity index (χ2v) is 5.68. The second-order valence-electron chi connectivity index (χ2n) is 4.76. The monoisotopic (exact) mass is 349 g/mol. The number of benzene rings is 2. The van der Waals surface area contributed by atoms with Crippen molar-refractivity contribution in [3.05, 3.63) is 58.6 Å². The number of anilines is 1. The molecular weight excluding hydrogens is 334 g/mol.